The number of aromatic nitrogens is 2. The van der Waals surface area contributed by atoms with E-state index in [-0.39, 0.29) is 0 Å². The number of ether oxygens (including phenoxy) is 1. The van der Waals surface area contributed by atoms with Crippen LogP contribution in [-0.2, 0) is 13.0 Å². The molecule has 1 aliphatic rings. The van der Waals surface area contributed by atoms with Crippen molar-refractivity contribution in [3.05, 3.63) is 59.9 Å². The number of hydrogen-bond donors (Lipinski definition) is 0. The Bertz CT molecular complexity index is 941. The quantitative estimate of drug-likeness (QED) is 0.377. The van der Waals surface area contributed by atoms with E-state index in [1.165, 1.54) is 68.6 Å². The number of aryl methyl sites for hydroxylation is 3. The zero-order valence-electron chi connectivity index (χ0n) is 19.1. The van der Waals surface area contributed by atoms with E-state index in [4.69, 9.17) is 9.72 Å². The summed E-state index contributed by atoms with van der Waals surface area (Å²) in [7, 11) is 0. The van der Waals surface area contributed by atoms with Crippen molar-refractivity contribution in [2.75, 3.05) is 26.2 Å². The lowest BCUT2D eigenvalue weighted by atomic mass is 10.2. The summed E-state index contributed by atoms with van der Waals surface area (Å²) < 4.78 is 8.44. The van der Waals surface area contributed by atoms with Crippen LogP contribution in [0.5, 0.6) is 5.75 Å². The highest BCUT2D eigenvalue weighted by Crippen LogP contribution is 2.20. The molecule has 0 atom stereocenters. The Morgan fingerprint density at radius 3 is 2.45 bits per heavy atom. The van der Waals surface area contributed by atoms with E-state index in [1.54, 1.807) is 0 Å². The molecular weight excluding hydrogens is 382 g/mol. The van der Waals surface area contributed by atoms with Crippen LogP contribution in [0.3, 0.4) is 0 Å². The van der Waals surface area contributed by atoms with Crippen molar-refractivity contribution in [3.8, 4) is 5.75 Å². The van der Waals surface area contributed by atoms with Crippen molar-refractivity contribution in [3.63, 3.8) is 0 Å². The Kier molecular flexibility index (Phi) is 8.00. The smallest absolute Gasteiger partial charge is 0.122 e. The number of unbranched alkanes of at least 4 members (excludes halogenated alkanes) is 1. The van der Waals surface area contributed by atoms with Gasteiger partial charge in [0.25, 0.3) is 0 Å². The standard InChI is InChI=1S/C27H37N3O/c1-23-13-4-7-16-26(23)31-22-11-10-21-30-25-15-6-5-14-24(25)28-27(30)17-12-20-29-18-8-2-3-9-19-29/h4-7,13-16H,2-3,8-12,17-22H2,1H3. The molecule has 1 saturated heterocycles. The summed E-state index contributed by atoms with van der Waals surface area (Å²) in [5.74, 6) is 2.25. The fourth-order valence-electron chi connectivity index (χ4n) is 4.66. The molecule has 31 heavy (non-hydrogen) atoms. The molecule has 0 bridgehead atoms. The van der Waals surface area contributed by atoms with Gasteiger partial charge in [-0.2, -0.15) is 0 Å². The third kappa shape index (κ3) is 6.10. The molecule has 2 heterocycles. The number of hydrogen-bond acceptors (Lipinski definition) is 3. The summed E-state index contributed by atoms with van der Waals surface area (Å²) in [4.78, 5) is 7.64. The first kappa shape index (κ1) is 21.9. The maximum atomic E-state index is 5.99. The summed E-state index contributed by atoms with van der Waals surface area (Å²) in [6.07, 6.45) is 9.94. The molecule has 2 aromatic carbocycles. The molecule has 0 aliphatic carbocycles. The number of imidazole rings is 1. The zero-order chi connectivity index (χ0) is 21.3. The number of likely N-dealkylation sites (tertiary alicyclic amines) is 1. The minimum absolute atomic E-state index is 0.766. The lowest BCUT2D eigenvalue weighted by Crippen LogP contribution is -2.26. The largest absolute Gasteiger partial charge is 0.493 e. The van der Waals surface area contributed by atoms with Crippen molar-refractivity contribution in [2.45, 2.75) is 64.8 Å². The highest BCUT2D eigenvalue weighted by atomic mass is 16.5. The van der Waals surface area contributed by atoms with Gasteiger partial charge in [0, 0.05) is 13.0 Å². The summed E-state index contributed by atoms with van der Waals surface area (Å²) in [5.41, 5.74) is 3.60. The van der Waals surface area contributed by atoms with Crippen LogP contribution in [-0.4, -0.2) is 40.7 Å². The average Bonchev–Trinajstić information content (AvgIpc) is 2.94. The Morgan fingerprint density at radius 1 is 0.839 bits per heavy atom. The molecule has 0 amide bonds. The molecule has 4 heteroatoms. The Labute approximate surface area is 187 Å². The Morgan fingerprint density at radius 2 is 1.61 bits per heavy atom. The molecule has 0 spiro atoms. The van der Waals surface area contributed by atoms with Crippen LogP contribution in [0.1, 0.15) is 56.3 Å². The molecule has 0 unspecified atom stereocenters. The first-order chi connectivity index (χ1) is 15.3. The third-order valence-electron chi connectivity index (χ3n) is 6.43. The fourth-order valence-corrected chi connectivity index (χ4v) is 4.66. The maximum Gasteiger partial charge on any atom is 0.122 e. The lowest BCUT2D eigenvalue weighted by Gasteiger charge is -2.19. The van der Waals surface area contributed by atoms with E-state index < -0.39 is 0 Å². The predicted molar refractivity (Wildman–Crippen MR) is 129 cm³/mol. The van der Waals surface area contributed by atoms with Gasteiger partial charge < -0.3 is 14.2 Å². The van der Waals surface area contributed by atoms with Gasteiger partial charge in [-0.1, -0.05) is 43.2 Å². The van der Waals surface area contributed by atoms with E-state index >= 15 is 0 Å². The lowest BCUT2D eigenvalue weighted by molar-refractivity contribution is 0.280. The van der Waals surface area contributed by atoms with Gasteiger partial charge in [-0.05, 0) is 82.4 Å². The molecule has 166 valence electrons. The molecule has 1 aromatic heterocycles. The van der Waals surface area contributed by atoms with Gasteiger partial charge in [0.05, 0.1) is 17.6 Å². The van der Waals surface area contributed by atoms with Gasteiger partial charge in [-0.25, -0.2) is 4.98 Å². The van der Waals surface area contributed by atoms with Gasteiger partial charge in [-0.15, -0.1) is 0 Å². The summed E-state index contributed by atoms with van der Waals surface area (Å²) in [6.45, 7) is 7.63. The van der Waals surface area contributed by atoms with Crippen molar-refractivity contribution in [1.29, 1.82) is 0 Å². The Balaban J connectivity index is 1.31. The molecule has 0 N–H and O–H groups in total. The van der Waals surface area contributed by atoms with E-state index in [0.29, 0.717) is 0 Å². The first-order valence-corrected chi connectivity index (χ1v) is 12.2. The molecule has 1 fully saturated rings. The number of fused-ring (bicyclic) bond motifs is 1. The molecule has 4 rings (SSSR count). The minimum atomic E-state index is 0.766. The number of nitrogens with zero attached hydrogens (tertiary/aromatic N) is 3. The van der Waals surface area contributed by atoms with Crippen LogP contribution in [0.25, 0.3) is 11.0 Å². The van der Waals surface area contributed by atoms with Crippen molar-refractivity contribution >= 4 is 11.0 Å². The molecule has 0 saturated carbocycles. The van der Waals surface area contributed by atoms with E-state index in [1.807, 2.05) is 6.07 Å². The summed E-state index contributed by atoms with van der Waals surface area (Å²) in [5, 5.41) is 0. The van der Waals surface area contributed by atoms with Crippen LogP contribution < -0.4 is 4.74 Å². The van der Waals surface area contributed by atoms with Crippen LogP contribution in [0.2, 0.25) is 0 Å². The first-order valence-electron chi connectivity index (χ1n) is 12.2. The molecular formula is C27H37N3O. The Hall–Kier alpha value is -2.33. The number of benzene rings is 2. The summed E-state index contributed by atoms with van der Waals surface area (Å²) >= 11 is 0. The summed E-state index contributed by atoms with van der Waals surface area (Å²) in [6, 6.07) is 16.8. The molecule has 1 aliphatic heterocycles. The number of para-hydroxylation sites is 3. The maximum absolute atomic E-state index is 5.99. The van der Waals surface area contributed by atoms with Gasteiger partial charge in [0.1, 0.15) is 11.6 Å². The fraction of sp³-hybridized carbons (Fsp3) is 0.519. The van der Waals surface area contributed by atoms with Crippen molar-refractivity contribution in [2.24, 2.45) is 0 Å². The predicted octanol–water partition coefficient (Wildman–Crippen LogP) is 6.01. The molecule has 3 aromatic rings. The third-order valence-corrected chi connectivity index (χ3v) is 6.43. The minimum Gasteiger partial charge on any atom is -0.493 e. The van der Waals surface area contributed by atoms with Crippen LogP contribution in [0, 0.1) is 6.92 Å². The normalized spacial score (nSPS) is 15.3. The van der Waals surface area contributed by atoms with Crippen LogP contribution in [0.15, 0.2) is 48.5 Å². The van der Waals surface area contributed by atoms with E-state index in [9.17, 15) is 0 Å². The number of rotatable bonds is 10. The second kappa shape index (κ2) is 11.3. The van der Waals surface area contributed by atoms with Crippen molar-refractivity contribution < 1.29 is 4.74 Å². The monoisotopic (exact) mass is 419 g/mol. The highest BCUT2D eigenvalue weighted by Gasteiger charge is 2.12. The van der Waals surface area contributed by atoms with Gasteiger partial charge in [0.2, 0.25) is 0 Å². The van der Waals surface area contributed by atoms with Crippen LogP contribution in [0.4, 0.5) is 0 Å². The molecule has 4 nitrogen and oxygen atoms in total. The van der Waals surface area contributed by atoms with Crippen molar-refractivity contribution in [1.82, 2.24) is 14.5 Å². The second-order valence-corrected chi connectivity index (χ2v) is 8.85. The average molecular weight is 420 g/mol. The second-order valence-electron chi connectivity index (χ2n) is 8.85. The van der Waals surface area contributed by atoms with Gasteiger partial charge >= 0.3 is 0 Å². The van der Waals surface area contributed by atoms with E-state index in [0.717, 1.165) is 43.7 Å². The SMILES string of the molecule is Cc1ccccc1OCCCCn1c(CCCN2CCCCCC2)nc2ccccc21. The topological polar surface area (TPSA) is 30.3 Å². The van der Waals surface area contributed by atoms with E-state index in [2.05, 4.69) is 58.9 Å². The van der Waals surface area contributed by atoms with Crippen LogP contribution >= 0.6 is 0 Å². The zero-order valence-corrected chi connectivity index (χ0v) is 19.1. The van der Waals surface area contributed by atoms with Gasteiger partial charge in [-0.3, -0.25) is 0 Å². The highest BCUT2D eigenvalue weighted by molar-refractivity contribution is 5.75. The molecule has 0 radical (unpaired) electrons. The van der Waals surface area contributed by atoms with Gasteiger partial charge in [0.15, 0.2) is 0 Å².